The molecule has 0 aromatic heterocycles. The van der Waals surface area contributed by atoms with E-state index in [2.05, 4.69) is 60.5 Å². The number of fused-ring (bicyclic) bond motifs is 3. The van der Waals surface area contributed by atoms with Crippen molar-refractivity contribution in [1.29, 1.82) is 0 Å². The highest BCUT2D eigenvalue weighted by molar-refractivity contribution is 5.46. The van der Waals surface area contributed by atoms with E-state index in [0.717, 1.165) is 13.0 Å². The molecule has 1 aromatic carbocycles. The molecule has 21 heavy (non-hydrogen) atoms. The molecule has 0 radical (unpaired) electrons. The van der Waals surface area contributed by atoms with Crippen molar-refractivity contribution in [2.75, 3.05) is 13.2 Å². The van der Waals surface area contributed by atoms with Gasteiger partial charge in [-0.1, -0.05) is 55.5 Å². The predicted octanol–water partition coefficient (Wildman–Crippen LogP) is 4.00. The Kier molecular flexibility index (Phi) is 4.51. The minimum absolute atomic E-state index is 0.340. The van der Waals surface area contributed by atoms with E-state index in [1.54, 1.807) is 0 Å². The summed E-state index contributed by atoms with van der Waals surface area (Å²) >= 11 is 0. The van der Waals surface area contributed by atoms with Gasteiger partial charge < -0.3 is 4.89 Å². The Morgan fingerprint density at radius 1 is 1.14 bits per heavy atom. The molecular weight excluding hydrogens is 262 g/mol. The van der Waals surface area contributed by atoms with E-state index in [1.165, 1.54) is 17.5 Å². The molecule has 0 saturated carbocycles. The second-order valence-corrected chi connectivity index (χ2v) is 5.50. The van der Waals surface area contributed by atoms with Crippen LogP contribution in [-0.4, -0.2) is 19.6 Å². The molecule has 2 aliphatic carbocycles. The Hall–Kier alpha value is -1.87. The van der Waals surface area contributed by atoms with Gasteiger partial charge in [0.15, 0.2) is 0 Å². The number of nitrogens with zero attached hydrogens (tertiary/aromatic N) is 1. The van der Waals surface area contributed by atoms with Crippen molar-refractivity contribution in [1.82, 2.24) is 0 Å². The van der Waals surface area contributed by atoms with Crippen LogP contribution >= 0.6 is 0 Å². The molecule has 3 heteroatoms. The van der Waals surface area contributed by atoms with Crippen LogP contribution in [-0.2, 0) is 9.78 Å². The summed E-state index contributed by atoms with van der Waals surface area (Å²) in [5.41, 5.74) is 2.79. The molecule has 3 rings (SSSR count). The smallest absolute Gasteiger partial charge is 0.214 e. The highest BCUT2D eigenvalue weighted by Gasteiger charge is 2.38. The second kappa shape index (κ2) is 6.72. The van der Waals surface area contributed by atoms with Crippen LogP contribution in [0.1, 0.15) is 36.3 Å². The molecule has 0 aliphatic heterocycles. The standard InChI is InChI=1S/C18H21NO2/c1-2-11-19-13-21-20-12-18-16-9-5-3-7-14(16)15-8-4-6-10-17(15)18/h3-10,13-14,16,18H,2,11-12H2,1H3. The summed E-state index contributed by atoms with van der Waals surface area (Å²) in [7, 11) is 0. The average Bonchev–Trinajstić information content (AvgIpc) is 2.85. The topological polar surface area (TPSA) is 30.8 Å². The first-order valence-corrected chi connectivity index (χ1v) is 7.62. The van der Waals surface area contributed by atoms with Crippen molar-refractivity contribution in [2.24, 2.45) is 10.9 Å². The maximum atomic E-state index is 5.36. The second-order valence-electron chi connectivity index (χ2n) is 5.50. The van der Waals surface area contributed by atoms with Crippen LogP contribution < -0.4 is 0 Å². The summed E-state index contributed by atoms with van der Waals surface area (Å²) in [5.74, 6) is 1.27. The third-order valence-electron chi connectivity index (χ3n) is 4.18. The molecule has 0 spiro atoms. The molecule has 3 unspecified atom stereocenters. The van der Waals surface area contributed by atoms with Crippen molar-refractivity contribution >= 4 is 6.40 Å². The molecule has 3 nitrogen and oxygen atoms in total. The fourth-order valence-corrected chi connectivity index (χ4v) is 3.24. The molecule has 2 aliphatic rings. The molecule has 0 heterocycles. The fourth-order valence-electron chi connectivity index (χ4n) is 3.24. The quantitative estimate of drug-likeness (QED) is 0.260. The van der Waals surface area contributed by atoms with Crippen LogP contribution in [0.2, 0.25) is 0 Å². The summed E-state index contributed by atoms with van der Waals surface area (Å²) in [5, 5.41) is 0. The molecule has 110 valence electrons. The minimum atomic E-state index is 0.340. The van der Waals surface area contributed by atoms with Crippen molar-refractivity contribution in [3.63, 3.8) is 0 Å². The summed E-state index contributed by atoms with van der Waals surface area (Å²) in [6, 6.07) is 8.63. The Morgan fingerprint density at radius 2 is 1.95 bits per heavy atom. The van der Waals surface area contributed by atoms with Gasteiger partial charge in [-0.05, 0) is 23.5 Å². The lowest BCUT2D eigenvalue weighted by Crippen LogP contribution is -2.15. The molecule has 0 amide bonds. The predicted molar refractivity (Wildman–Crippen MR) is 84.4 cm³/mol. The van der Waals surface area contributed by atoms with E-state index in [4.69, 9.17) is 9.78 Å². The third kappa shape index (κ3) is 2.93. The van der Waals surface area contributed by atoms with Gasteiger partial charge in [-0.2, -0.15) is 4.89 Å². The van der Waals surface area contributed by atoms with Gasteiger partial charge in [-0.25, -0.2) is 0 Å². The summed E-state index contributed by atoms with van der Waals surface area (Å²) in [6.45, 7) is 3.40. The van der Waals surface area contributed by atoms with Gasteiger partial charge in [-0.3, -0.25) is 4.99 Å². The first-order chi connectivity index (χ1) is 10.4. The summed E-state index contributed by atoms with van der Waals surface area (Å²) < 4.78 is 0. The van der Waals surface area contributed by atoms with Gasteiger partial charge in [0.05, 0.1) is 0 Å². The van der Waals surface area contributed by atoms with Gasteiger partial charge in [0, 0.05) is 18.4 Å². The number of benzene rings is 1. The van der Waals surface area contributed by atoms with Gasteiger partial charge in [0.1, 0.15) is 6.61 Å². The van der Waals surface area contributed by atoms with Gasteiger partial charge in [0.25, 0.3) is 0 Å². The van der Waals surface area contributed by atoms with Crippen LogP contribution in [0, 0.1) is 5.92 Å². The Balaban J connectivity index is 1.67. The SMILES string of the molecule is CCCN=COOCC1c2ccccc2C2C=CC=CC21. The first kappa shape index (κ1) is 14.1. The number of allylic oxidation sites excluding steroid dienone is 4. The lowest BCUT2D eigenvalue weighted by Gasteiger charge is -2.21. The lowest BCUT2D eigenvalue weighted by atomic mass is 9.84. The lowest BCUT2D eigenvalue weighted by molar-refractivity contribution is -0.221. The van der Waals surface area contributed by atoms with Gasteiger partial charge >= 0.3 is 0 Å². The van der Waals surface area contributed by atoms with Crippen LogP contribution in [0.5, 0.6) is 0 Å². The van der Waals surface area contributed by atoms with Crippen LogP contribution in [0.3, 0.4) is 0 Å². The largest absolute Gasteiger partial charge is 0.325 e. The zero-order valence-electron chi connectivity index (χ0n) is 12.3. The number of hydrogen-bond donors (Lipinski definition) is 0. The number of aliphatic imine (C=N–C) groups is 1. The van der Waals surface area contributed by atoms with Crippen LogP contribution in [0.4, 0.5) is 0 Å². The Bertz CT molecular complexity index is 562. The molecule has 3 atom stereocenters. The number of rotatable bonds is 6. The first-order valence-electron chi connectivity index (χ1n) is 7.62. The normalized spacial score (nSPS) is 26.0. The molecule has 1 aromatic rings. The maximum absolute atomic E-state index is 5.36. The maximum Gasteiger partial charge on any atom is 0.214 e. The molecule has 0 N–H and O–H groups in total. The Labute approximate surface area is 125 Å². The van der Waals surface area contributed by atoms with Crippen LogP contribution in [0.25, 0.3) is 0 Å². The van der Waals surface area contributed by atoms with E-state index >= 15 is 0 Å². The highest BCUT2D eigenvalue weighted by atomic mass is 17.2. The van der Waals surface area contributed by atoms with Crippen molar-refractivity contribution in [3.8, 4) is 0 Å². The van der Waals surface area contributed by atoms with Crippen LogP contribution in [0.15, 0.2) is 53.6 Å². The van der Waals surface area contributed by atoms with E-state index in [1.807, 2.05) is 0 Å². The molecule has 0 fully saturated rings. The average molecular weight is 283 g/mol. The molecule has 0 saturated heterocycles. The monoisotopic (exact) mass is 283 g/mol. The zero-order chi connectivity index (χ0) is 14.5. The van der Waals surface area contributed by atoms with E-state index in [-0.39, 0.29) is 0 Å². The highest BCUT2D eigenvalue weighted by Crippen LogP contribution is 2.49. The van der Waals surface area contributed by atoms with E-state index in [9.17, 15) is 0 Å². The van der Waals surface area contributed by atoms with E-state index < -0.39 is 0 Å². The Morgan fingerprint density at radius 3 is 2.81 bits per heavy atom. The minimum Gasteiger partial charge on any atom is -0.325 e. The summed E-state index contributed by atoms with van der Waals surface area (Å²) in [4.78, 5) is 14.5. The van der Waals surface area contributed by atoms with Crippen molar-refractivity contribution in [3.05, 3.63) is 59.7 Å². The van der Waals surface area contributed by atoms with E-state index in [0.29, 0.717) is 24.4 Å². The zero-order valence-corrected chi connectivity index (χ0v) is 12.3. The summed E-state index contributed by atoms with van der Waals surface area (Å²) in [6.07, 6.45) is 11.2. The molecule has 0 bridgehead atoms. The van der Waals surface area contributed by atoms with Gasteiger partial charge in [0.2, 0.25) is 6.40 Å². The van der Waals surface area contributed by atoms with Crippen molar-refractivity contribution < 1.29 is 9.78 Å². The third-order valence-corrected chi connectivity index (χ3v) is 4.18. The molecular formula is C18H21NO2. The van der Waals surface area contributed by atoms with Gasteiger partial charge in [-0.15, -0.1) is 0 Å². The number of hydrogen-bond acceptors (Lipinski definition) is 3. The fraction of sp³-hybridized carbons (Fsp3) is 0.389. The van der Waals surface area contributed by atoms with Crippen molar-refractivity contribution in [2.45, 2.75) is 25.2 Å².